The van der Waals surface area contributed by atoms with Gasteiger partial charge in [-0.3, -0.25) is 9.80 Å². The Balaban J connectivity index is 1.93. The number of hydrogen-bond donors (Lipinski definition) is 1. The average molecular weight is 278 g/mol. The number of β-amino-alcohol motifs (C(OH)–C–C–N with tert-alkyl or cyclic N) is 1. The molecule has 1 aliphatic rings. The van der Waals surface area contributed by atoms with Crippen molar-refractivity contribution in [2.45, 2.75) is 46.4 Å². The summed E-state index contributed by atoms with van der Waals surface area (Å²) in [6.07, 6.45) is 1.70. The predicted molar refractivity (Wildman–Crippen MR) is 79.5 cm³/mol. The Hall–Kier alpha value is -1.04. The highest BCUT2D eigenvalue weighted by Crippen LogP contribution is 2.14. The molecule has 1 aromatic rings. The monoisotopic (exact) mass is 278 g/mol. The summed E-state index contributed by atoms with van der Waals surface area (Å²) < 4.78 is 0. The fourth-order valence-electron chi connectivity index (χ4n) is 2.83. The van der Waals surface area contributed by atoms with Crippen molar-refractivity contribution in [1.82, 2.24) is 19.8 Å². The summed E-state index contributed by atoms with van der Waals surface area (Å²) in [7, 11) is 0. The number of nitrogens with zero attached hydrogens (tertiary/aromatic N) is 4. The van der Waals surface area contributed by atoms with Gasteiger partial charge in [0.1, 0.15) is 5.82 Å². The molecule has 2 rings (SSSR count). The fraction of sp³-hybridized carbons (Fsp3) is 0.733. The van der Waals surface area contributed by atoms with E-state index in [1.807, 2.05) is 20.0 Å². The molecule has 0 aliphatic carbocycles. The van der Waals surface area contributed by atoms with E-state index in [9.17, 15) is 5.11 Å². The number of aliphatic hydroxyl groups excluding tert-OH is 1. The van der Waals surface area contributed by atoms with Crippen molar-refractivity contribution in [2.75, 3.05) is 26.2 Å². The summed E-state index contributed by atoms with van der Waals surface area (Å²) in [5, 5.41) is 9.51. The van der Waals surface area contributed by atoms with Crippen LogP contribution in [-0.4, -0.2) is 63.2 Å². The summed E-state index contributed by atoms with van der Waals surface area (Å²) in [6, 6.07) is 0.477. The molecule has 2 unspecified atom stereocenters. The van der Waals surface area contributed by atoms with Gasteiger partial charge in [0.05, 0.1) is 6.10 Å². The third-order valence-corrected chi connectivity index (χ3v) is 3.94. The number of hydrogen-bond acceptors (Lipinski definition) is 5. The van der Waals surface area contributed by atoms with Crippen LogP contribution in [0.5, 0.6) is 0 Å². The van der Waals surface area contributed by atoms with E-state index in [0.717, 1.165) is 44.2 Å². The molecule has 1 N–H and O–H groups in total. The van der Waals surface area contributed by atoms with E-state index in [1.54, 1.807) is 0 Å². The Morgan fingerprint density at radius 3 is 2.75 bits per heavy atom. The van der Waals surface area contributed by atoms with Crippen LogP contribution in [0.4, 0.5) is 0 Å². The molecule has 2 atom stereocenters. The molecule has 1 aliphatic heterocycles. The van der Waals surface area contributed by atoms with Crippen LogP contribution in [0.15, 0.2) is 6.20 Å². The third kappa shape index (κ3) is 3.98. The van der Waals surface area contributed by atoms with Crippen molar-refractivity contribution in [3.8, 4) is 0 Å². The molecule has 1 aromatic heterocycles. The third-order valence-electron chi connectivity index (χ3n) is 3.94. The lowest BCUT2D eigenvalue weighted by molar-refractivity contribution is 0.0421. The Bertz CT molecular complexity index is 449. The molecule has 2 heterocycles. The van der Waals surface area contributed by atoms with E-state index in [2.05, 4.69) is 33.6 Å². The minimum absolute atomic E-state index is 0.253. The number of aliphatic hydroxyl groups is 1. The van der Waals surface area contributed by atoms with Gasteiger partial charge in [-0.25, -0.2) is 9.97 Å². The molecule has 0 saturated carbocycles. The molecular weight excluding hydrogens is 252 g/mol. The van der Waals surface area contributed by atoms with Crippen molar-refractivity contribution < 1.29 is 5.11 Å². The first kappa shape index (κ1) is 15.4. The van der Waals surface area contributed by atoms with E-state index in [-0.39, 0.29) is 6.10 Å². The lowest BCUT2D eigenvalue weighted by Gasteiger charge is -2.40. The van der Waals surface area contributed by atoms with Crippen LogP contribution in [0.1, 0.15) is 30.9 Å². The van der Waals surface area contributed by atoms with Crippen LogP contribution in [0, 0.1) is 13.8 Å². The molecule has 0 amide bonds. The molecular formula is C15H26N4O. The van der Waals surface area contributed by atoms with Gasteiger partial charge in [-0.15, -0.1) is 0 Å². The average Bonchev–Trinajstić information content (AvgIpc) is 2.36. The molecule has 112 valence electrons. The van der Waals surface area contributed by atoms with Gasteiger partial charge in [0.15, 0.2) is 0 Å². The standard InChI is InChI=1S/C15H26N4O/c1-11-8-18(5-6-19(11)9-12(2)20)10-15-7-16-14(4)17-13(15)3/h7,11-12,20H,5-6,8-10H2,1-4H3. The Morgan fingerprint density at radius 2 is 2.15 bits per heavy atom. The second-order valence-electron chi connectivity index (χ2n) is 5.96. The second kappa shape index (κ2) is 6.61. The smallest absolute Gasteiger partial charge is 0.125 e. The van der Waals surface area contributed by atoms with E-state index in [0.29, 0.717) is 6.04 Å². The largest absolute Gasteiger partial charge is 0.392 e. The highest BCUT2D eigenvalue weighted by Gasteiger charge is 2.24. The first-order valence-electron chi connectivity index (χ1n) is 7.39. The summed E-state index contributed by atoms with van der Waals surface area (Å²) in [5.41, 5.74) is 2.29. The lowest BCUT2D eigenvalue weighted by atomic mass is 10.1. The Morgan fingerprint density at radius 1 is 1.40 bits per heavy atom. The van der Waals surface area contributed by atoms with Crippen molar-refractivity contribution in [3.63, 3.8) is 0 Å². The molecule has 0 aromatic carbocycles. The van der Waals surface area contributed by atoms with Crippen LogP contribution in [0.2, 0.25) is 0 Å². The number of aromatic nitrogens is 2. The molecule has 20 heavy (non-hydrogen) atoms. The second-order valence-corrected chi connectivity index (χ2v) is 5.96. The zero-order valence-corrected chi connectivity index (χ0v) is 13.0. The molecule has 1 fully saturated rings. The van der Waals surface area contributed by atoms with Gasteiger partial charge in [-0.1, -0.05) is 0 Å². The van der Waals surface area contributed by atoms with Crippen LogP contribution in [-0.2, 0) is 6.54 Å². The highest BCUT2D eigenvalue weighted by molar-refractivity contribution is 5.15. The first-order valence-corrected chi connectivity index (χ1v) is 7.39. The predicted octanol–water partition coefficient (Wildman–Crippen LogP) is 0.980. The number of aryl methyl sites for hydroxylation is 2. The first-order chi connectivity index (χ1) is 9.45. The van der Waals surface area contributed by atoms with Crippen LogP contribution in [0.3, 0.4) is 0 Å². The van der Waals surface area contributed by atoms with Crippen molar-refractivity contribution in [3.05, 3.63) is 23.3 Å². The minimum atomic E-state index is -0.253. The van der Waals surface area contributed by atoms with E-state index in [1.165, 1.54) is 5.56 Å². The number of rotatable bonds is 4. The maximum atomic E-state index is 9.51. The molecule has 0 radical (unpaired) electrons. The van der Waals surface area contributed by atoms with Gasteiger partial charge in [-0.2, -0.15) is 0 Å². The maximum Gasteiger partial charge on any atom is 0.125 e. The lowest BCUT2D eigenvalue weighted by Crippen LogP contribution is -2.53. The molecule has 0 bridgehead atoms. The quantitative estimate of drug-likeness (QED) is 0.890. The fourth-order valence-corrected chi connectivity index (χ4v) is 2.83. The zero-order valence-electron chi connectivity index (χ0n) is 13.0. The van der Waals surface area contributed by atoms with Crippen molar-refractivity contribution in [1.29, 1.82) is 0 Å². The van der Waals surface area contributed by atoms with E-state index in [4.69, 9.17) is 0 Å². The molecule has 5 nitrogen and oxygen atoms in total. The summed E-state index contributed by atoms with van der Waals surface area (Å²) >= 11 is 0. The Labute approximate surface area is 121 Å². The SMILES string of the molecule is Cc1ncc(CN2CCN(CC(C)O)C(C)C2)c(C)n1. The van der Waals surface area contributed by atoms with Gasteiger partial charge in [0.25, 0.3) is 0 Å². The van der Waals surface area contributed by atoms with Crippen LogP contribution >= 0.6 is 0 Å². The highest BCUT2D eigenvalue weighted by atomic mass is 16.3. The Kier molecular flexibility index (Phi) is 5.07. The van der Waals surface area contributed by atoms with Crippen molar-refractivity contribution in [2.24, 2.45) is 0 Å². The molecule has 0 spiro atoms. The van der Waals surface area contributed by atoms with Gasteiger partial charge in [0.2, 0.25) is 0 Å². The van der Waals surface area contributed by atoms with Crippen LogP contribution in [0.25, 0.3) is 0 Å². The summed E-state index contributed by atoms with van der Waals surface area (Å²) in [4.78, 5) is 13.5. The molecule has 5 heteroatoms. The van der Waals surface area contributed by atoms with Gasteiger partial charge < -0.3 is 5.11 Å². The van der Waals surface area contributed by atoms with Crippen LogP contribution < -0.4 is 0 Å². The summed E-state index contributed by atoms with van der Waals surface area (Å²) in [5.74, 6) is 0.835. The maximum absolute atomic E-state index is 9.51. The van der Waals surface area contributed by atoms with E-state index >= 15 is 0 Å². The van der Waals surface area contributed by atoms with Gasteiger partial charge >= 0.3 is 0 Å². The van der Waals surface area contributed by atoms with Gasteiger partial charge in [-0.05, 0) is 27.7 Å². The summed E-state index contributed by atoms with van der Waals surface area (Å²) in [6.45, 7) is 12.8. The van der Waals surface area contributed by atoms with Gasteiger partial charge in [0, 0.05) is 56.2 Å². The van der Waals surface area contributed by atoms with E-state index < -0.39 is 0 Å². The molecule has 1 saturated heterocycles. The van der Waals surface area contributed by atoms with Crippen molar-refractivity contribution >= 4 is 0 Å². The topological polar surface area (TPSA) is 52.5 Å². The number of piperazine rings is 1. The zero-order chi connectivity index (χ0) is 14.7. The normalized spacial score (nSPS) is 22.9. The minimum Gasteiger partial charge on any atom is -0.392 e.